The molecule has 26 heavy (non-hydrogen) atoms. The van der Waals surface area contributed by atoms with Crippen LogP contribution in [0.5, 0.6) is 5.75 Å². The topological polar surface area (TPSA) is 50.4 Å². The van der Waals surface area contributed by atoms with Crippen LogP contribution in [0.15, 0.2) is 48.5 Å². The molecule has 0 aromatic heterocycles. The Kier molecular flexibility index (Phi) is 7.07. The van der Waals surface area contributed by atoms with Gasteiger partial charge in [0.15, 0.2) is 0 Å². The first-order valence-electron chi connectivity index (χ1n) is 9.25. The monoisotopic (exact) mass is 354 g/mol. The van der Waals surface area contributed by atoms with Gasteiger partial charge in [-0.05, 0) is 53.6 Å². The van der Waals surface area contributed by atoms with Gasteiger partial charge in [-0.25, -0.2) is 4.79 Å². The van der Waals surface area contributed by atoms with Gasteiger partial charge in [0.05, 0.1) is 6.61 Å². The van der Waals surface area contributed by atoms with Crippen LogP contribution in [0.1, 0.15) is 45.2 Å². The average Bonchev–Trinajstić information content (AvgIpc) is 2.62. The third-order valence-electron chi connectivity index (χ3n) is 4.22. The van der Waals surface area contributed by atoms with Crippen LogP contribution in [-0.4, -0.2) is 19.2 Å². The Hall–Kier alpha value is -2.49. The summed E-state index contributed by atoms with van der Waals surface area (Å²) in [6, 6.07) is 15.9. The molecule has 4 heteroatoms. The summed E-state index contributed by atoms with van der Waals surface area (Å²) in [6.07, 6.45) is 1.74. The molecule has 0 aliphatic rings. The molecule has 140 valence electrons. The summed E-state index contributed by atoms with van der Waals surface area (Å²) in [7, 11) is 0. The van der Waals surface area contributed by atoms with Crippen LogP contribution in [0.3, 0.4) is 0 Å². The number of hydrogen-bond donors (Lipinski definition) is 2. The molecule has 0 bridgehead atoms. The molecule has 2 amide bonds. The second-order valence-corrected chi connectivity index (χ2v) is 7.41. The maximum absolute atomic E-state index is 11.9. The van der Waals surface area contributed by atoms with Gasteiger partial charge < -0.3 is 15.4 Å². The van der Waals surface area contributed by atoms with Crippen LogP contribution < -0.4 is 15.4 Å². The molecule has 0 aliphatic carbocycles. The van der Waals surface area contributed by atoms with Crippen LogP contribution in [-0.2, 0) is 11.8 Å². The average molecular weight is 354 g/mol. The molecule has 0 atom stereocenters. The third-order valence-corrected chi connectivity index (χ3v) is 4.22. The summed E-state index contributed by atoms with van der Waals surface area (Å²) in [5.41, 5.74) is 3.49. The van der Waals surface area contributed by atoms with E-state index in [0.717, 1.165) is 24.3 Å². The Morgan fingerprint density at radius 1 is 1.00 bits per heavy atom. The number of rotatable bonds is 7. The van der Waals surface area contributed by atoms with Gasteiger partial charge in [-0.3, -0.25) is 0 Å². The molecule has 0 saturated carbocycles. The van der Waals surface area contributed by atoms with Gasteiger partial charge in [-0.1, -0.05) is 52.0 Å². The zero-order valence-electron chi connectivity index (χ0n) is 16.3. The number of amides is 2. The number of anilines is 1. The van der Waals surface area contributed by atoms with E-state index in [4.69, 9.17) is 4.74 Å². The van der Waals surface area contributed by atoms with E-state index in [1.54, 1.807) is 0 Å². The molecular formula is C22H30N2O2. The highest BCUT2D eigenvalue weighted by Crippen LogP contribution is 2.24. The van der Waals surface area contributed by atoms with Gasteiger partial charge in [0.2, 0.25) is 0 Å². The van der Waals surface area contributed by atoms with Crippen LogP contribution in [0.25, 0.3) is 0 Å². The summed E-state index contributed by atoms with van der Waals surface area (Å²) >= 11 is 0. The number of ether oxygens (including phenoxy) is 1. The van der Waals surface area contributed by atoms with Gasteiger partial charge in [0, 0.05) is 12.2 Å². The first-order chi connectivity index (χ1) is 12.4. The molecular weight excluding hydrogens is 324 g/mol. The maximum atomic E-state index is 11.9. The molecule has 0 fully saturated rings. The summed E-state index contributed by atoms with van der Waals surface area (Å²) in [4.78, 5) is 11.9. The molecule has 0 heterocycles. The van der Waals surface area contributed by atoms with Gasteiger partial charge in [-0.2, -0.15) is 0 Å². The molecule has 4 nitrogen and oxygen atoms in total. The zero-order chi connectivity index (χ0) is 19.0. The SMILES string of the molecule is CCc1ccc(NC(=O)NCCCOc2ccc(C(C)(C)C)cc2)cc1. The largest absolute Gasteiger partial charge is 0.494 e. The van der Waals surface area contributed by atoms with Crippen LogP contribution >= 0.6 is 0 Å². The first-order valence-corrected chi connectivity index (χ1v) is 9.25. The molecule has 0 aliphatic heterocycles. The summed E-state index contributed by atoms with van der Waals surface area (Å²) in [5.74, 6) is 0.860. The lowest BCUT2D eigenvalue weighted by atomic mass is 9.87. The number of urea groups is 1. The van der Waals surface area contributed by atoms with E-state index >= 15 is 0 Å². The lowest BCUT2D eigenvalue weighted by Crippen LogP contribution is -2.30. The first kappa shape index (κ1) is 19.8. The Bertz CT molecular complexity index is 686. The number of nitrogens with one attached hydrogen (secondary N) is 2. The second-order valence-electron chi connectivity index (χ2n) is 7.41. The standard InChI is InChI=1S/C22H30N2O2/c1-5-17-7-11-19(12-8-17)24-21(25)23-15-6-16-26-20-13-9-18(10-14-20)22(2,3)4/h7-14H,5-6,15-16H2,1-4H3,(H2,23,24,25). The number of aryl methyl sites for hydroxylation is 1. The fraction of sp³-hybridized carbons (Fsp3) is 0.409. The van der Waals surface area contributed by atoms with E-state index < -0.39 is 0 Å². The maximum Gasteiger partial charge on any atom is 0.319 e. The van der Waals surface area contributed by atoms with Gasteiger partial charge in [0.25, 0.3) is 0 Å². The number of benzene rings is 2. The minimum absolute atomic E-state index is 0.146. The highest BCUT2D eigenvalue weighted by Gasteiger charge is 2.12. The van der Waals surface area contributed by atoms with E-state index in [-0.39, 0.29) is 11.4 Å². The molecule has 2 aromatic carbocycles. The Labute approximate surface area is 157 Å². The minimum Gasteiger partial charge on any atom is -0.494 e. The van der Waals surface area contributed by atoms with Crippen molar-refractivity contribution in [2.24, 2.45) is 0 Å². The van der Waals surface area contributed by atoms with Crippen molar-refractivity contribution in [1.29, 1.82) is 0 Å². The molecule has 2 aromatic rings. The van der Waals surface area contributed by atoms with Crippen LogP contribution in [0, 0.1) is 0 Å². The molecule has 2 rings (SSSR count). The van der Waals surface area contributed by atoms with Crippen molar-refractivity contribution in [3.05, 3.63) is 59.7 Å². The quantitative estimate of drug-likeness (QED) is 0.677. The summed E-state index contributed by atoms with van der Waals surface area (Å²) < 4.78 is 5.73. The predicted molar refractivity (Wildman–Crippen MR) is 108 cm³/mol. The van der Waals surface area contributed by atoms with E-state index in [1.165, 1.54) is 11.1 Å². The molecule has 0 radical (unpaired) electrons. The van der Waals surface area contributed by atoms with E-state index in [9.17, 15) is 4.79 Å². The van der Waals surface area contributed by atoms with Crippen LogP contribution in [0.4, 0.5) is 10.5 Å². The lowest BCUT2D eigenvalue weighted by Gasteiger charge is -2.19. The Balaban J connectivity index is 1.64. The lowest BCUT2D eigenvalue weighted by molar-refractivity contribution is 0.250. The van der Waals surface area contributed by atoms with Crippen LogP contribution in [0.2, 0.25) is 0 Å². The van der Waals surface area contributed by atoms with E-state index in [0.29, 0.717) is 13.2 Å². The van der Waals surface area contributed by atoms with Gasteiger partial charge in [0.1, 0.15) is 5.75 Å². The summed E-state index contributed by atoms with van der Waals surface area (Å²) in [6.45, 7) is 9.82. The molecule has 0 unspecified atom stereocenters. The van der Waals surface area contributed by atoms with Crippen molar-refractivity contribution in [2.45, 2.75) is 46.0 Å². The van der Waals surface area contributed by atoms with Crippen molar-refractivity contribution in [3.8, 4) is 5.75 Å². The van der Waals surface area contributed by atoms with Gasteiger partial charge in [-0.15, -0.1) is 0 Å². The van der Waals surface area contributed by atoms with E-state index in [1.807, 2.05) is 36.4 Å². The van der Waals surface area contributed by atoms with Crippen molar-refractivity contribution in [2.75, 3.05) is 18.5 Å². The zero-order valence-corrected chi connectivity index (χ0v) is 16.3. The fourth-order valence-electron chi connectivity index (χ4n) is 2.51. The normalized spacial score (nSPS) is 11.1. The smallest absolute Gasteiger partial charge is 0.319 e. The van der Waals surface area contributed by atoms with Crippen molar-refractivity contribution in [3.63, 3.8) is 0 Å². The minimum atomic E-state index is -0.191. The Morgan fingerprint density at radius 3 is 2.23 bits per heavy atom. The molecule has 2 N–H and O–H groups in total. The molecule has 0 saturated heterocycles. The fourth-order valence-corrected chi connectivity index (χ4v) is 2.51. The highest BCUT2D eigenvalue weighted by molar-refractivity contribution is 5.89. The van der Waals surface area contributed by atoms with E-state index in [2.05, 4.69) is 50.5 Å². The third kappa shape index (κ3) is 6.43. The van der Waals surface area contributed by atoms with Crippen molar-refractivity contribution >= 4 is 11.7 Å². The highest BCUT2D eigenvalue weighted by atomic mass is 16.5. The van der Waals surface area contributed by atoms with Crippen molar-refractivity contribution in [1.82, 2.24) is 5.32 Å². The Morgan fingerprint density at radius 2 is 1.65 bits per heavy atom. The molecule has 0 spiro atoms. The second kappa shape index (κ2) is 9.27. The number of hydrogen-bond acceptors (Lipinski definition) is 2. The predicted octanol–water partition coefficient (Wildman–Crippen LogP) is 5.14. The number of carbonyl (C=O) groups excluding carboxylic acids is 1. The van der Waals surface area contributed by atoms with Crippen molar-refractivity contribution < 1.29 is 9.53 Å². The van der Waals surface area contributed by atoms with Gasteiger partial charge >= 0.3 is 6.03 Å². The number of carbonyl (C=O) groups is 1. The summed E-state index contributed by atoms with van der Waals surface area (Å²) in [5, 5.41) is 5.68.